The van der Waals surface area contributed by atoms with Crippen molar-refractivity contribution in [3.63, 3.8) is 0 Å². The number of alkyl carbamates (subject to hydrolysis) is 1. The third-order valence-electron chi connectivity index (χ3n) is 6.51. The number of carboxylic acid groups (broad SMARTS) is 1. The molecule has 182 valence electrons. The molecule has 0 saturated heterocycles. The van der Waals surface area contributed by atoms with E-state index in [0.717, 1.165) is 22.3 Å². The standard InChI is InChI=1S/C27H34N2O5/c1-5-18(14-24(30)31)29-26(32)25(16(2)3)17(4)28-27(33)34-15-23-21-12-8-6-10-19(21)20-11-7-9-13-22(20)23/h6-13,16-18,23,25H,5,14-15H2,1-4H3,(H,28,33)(H,29,32)(H,30,31)/t17?,18-,25?/m0/s1. The van der Waals surface area contributed by atoms with Crippen LogP contribution in [0.1, 0.15) is 57.6 Å². The van der Waals surface area contributed by atoms with Crippen molar-refractivity contribution in [1.82, 2.24) is 10.6 Å². The Morgan fingerprint density at radius 2 is 1.50 bits per heavy atom. The molecular formula is C27H34N2O5. The average Bonchev–Trinajstić information content (AvgIpc) is 3.10. The molecule has 0 aliphatic heterocycles. The quantitative estimate of drug-likeness (QED) is 0.476. The number of hydrogen-bond acceptors (Lipinski definition) is 4. The molecule has 0 radical (unpaired) electrons. The Morgan fingerprint density at radius 3 is 2.00 bits per heavy atom. The predicted octanol–water partition coefficient (Wildman–Crippen LogP) is 4.56. The van der Waals surface area contributed by atoms with E-state index in [9.17, 15) is 14.4 Å². The molecule has 2 aromatic carbocycles. The zero-order valence-corrected chi connectivity index (χ0v) is 20.2. The van der Waals surface area contributed by atoms with Gasteiger partial charge in [0.15, 0.2) is 0 Å². The molecule has 0 heterocycles. The normalized spacial score (nSPS) is 15.1. The highest BCUT2D eigenvalue weighted by molar-refractivity contribution is 5.82. The van der Waals surface area contributed by atoms with Crippen LogP contribution in [0.4, 0.5) is 4.79 Å². The summed E-state index contributed by atoms with van der Waals surface area (Å²) in [5, 5.41) is 14.7. The summed E-state index contributed by atoms with van der Waals surface area (Å²) < 4.78 is 5.62. The molecule has 7 heteroatoms. The molecule has 2 amide bonds. The van der Waals surface area contributed by atoms with Crippen LogP contribution in [-0.4, -0.2) is 41.8 Å². The number of nitrogens with one attached hydrogen (secondary N) is 2. The largest absolute Gasteiger partial charge is 0.481 e. The van der Waals surface area contributed by atoms with Crippen LogP contribution in [0.25, 0.3) is 11.1 Å². The van der Waals surface area contributed by atoms with Gasteiger partial charge in [0.2, 0.25) is 5.91 Å². The molecule has 0 aromatic heterocycles. The lowest BCUT2D eigenvalue weighted by atomic mass is 9.88. The molecule has 7 nitrogen and oxygen atoms in total. The summed E-state index contributed by atoms with van der Waals surface area (Å²) in [6, 6.07) is 15.3. The Balaban J connectivity index is 1.62. The Morgan fingerprint density at radius 1 is 0.941 bits per heavy atom. The summed E-state index contributed by atoms with van der Waals surface area (Å²) in [7, 11) is 0. The first-order chi connectivity index (χ1) is 16.2. The highest BCUT2D eigenvalue weighted by Crippen LogP contribution is 2.44. The second-order valence-electron chi connectivity index (χ2n) is 9.24. The van der Waals surface area contributed by atoms with Gasteiger partial charge in [-0.05, 0) is 41.5 Å². The van der Waals surface area contributed by atoms with Crippen LogP contribution in [0.2, 0.25) is 0 Å². The molecule has 3 atom stereocenters. The van der Waals surface area contributed by atoms with Gasteiger partial charge in [-0.3, -0.25) is 9.59 Å². The Kier molecular flexibility index (Phi) is 8.31. The molecule has 34 heavy (non-hydrogen) atoms. The highest BCUT2D eigenvalue weighted by atomic mass is 16.5. The van der Waals surface area contributed by atoms with Gasteiger partial charge in [0.25, 0.3) is 0 Å². The van der Waals surface area contributed by atoms with Gasteiger partial charge in [0, 0.05) is 18.0 Å². The van der Waals surface area contributed by atoms with E-state index in [1.165, 1.54) is 0 Å². The van der Waals surface area contributed by atoms with E-state index in [1.807, 2.05) is 45.0 Å². The van der Waals surface area contributed by atoms with E-state index in [4.69, 9.17) is 9.84 Å². The number of carbonyl (C=O) groups is 3. The fourth-order valence-electron chi connectivity index (χ4n) is 4.83. The van der Waals surface area contributed by atoms with Crippen molar-refractivity contribution in [3.05, 3.63) is 59.7 Å². The van der Waals surface area contributed by atoms with Crippen LogP contribution in [0.15, 0.2) is 48.5 Å². The van der Waals surface area contributed by atoms with Gasteiger partial charge in [-0.1, -0.05) is 69.3 Å². The van der Waals surface area contributed by atoms with Crippen molar-refractivity contribution in [2.75, 3.05) is 6.61 Å². The van der Waals surface area contributed by atoms with Crippen molar-refractivity contribution in [2.24, 2.45) is 11.8 Å². The number of ether oxygens (including phenoxy) is 1. The SMILES string of the molecule is CC[C@@H](CC(=O)O)NC(=O)C(C(C)C)C(C)NC(=O)OCC1c2ccccc2-c2ccccc21. The summed E-state index contributed by atoms with van der Waals surface area (Å²) in [4.78, 5) is 36.6. The number of carbonyl (C=O) groups excluding carboxylic acids is 2. The van der Waals surface area contributed by atoms with Crippen LogP contribution < -0.4 is 10.6 Å². The van der Waals surface area contributed by atoms with Gasteiger partial charge in [-0.15, -0.1) is 0 Å². The number of aliphatic carboxylic acids is 1. The Labute approximate surface area is 200 Å². The van der Waals surface area contributed by atoms with Crippen LogP contribution in [0.3, 0.4) is 0 Å². The third kappa shape index (κ3) is 5.76. The van der Waals surface area contributed by atoms with Crippen LogP contribution in [0.5, 0.6) is 0 Å². The number of fused-ring (bicyclic) bond motifs is 3. The molecule has 0 fully saturated rings. The molecule has 0 saturated carbocycles. The smallest absolute Gasteiger partial charge is 0.407 e. The molecule has 3 N–H and O–H groups in total. The summed E-state index contributed by atoms with van der Waals surface area (Å²) in [5.41, 5.74) is 4.58. The van der Waals surface area contributed by atoms with E-state index >= 15 is 0 Å². The van der Waals surface area contributed by atoms with Gasteiger partial charge in [-0.25, -0.2) is 4.79 Å². The first-order valence-corrected chi connectivity index (χ1v) is 11.9. The average molecular weight is 467 g/mol. The zero-order chi connectivity index (χ0) is 24.8. The minimum absolute atomic E-state index is 0.0426. The van der Waals surface area contributed by atoms with Gasteiger partial charge < -0.3 is 20.5 Å². The highest BCUT2D eigenvalue weighted by Gasteiger charge is 2.32. The van der Waals surface area contributed by atoms with Gasteiger partial charge in [-0.2, -0.15) is 0 Å². The number of rotatable bonds is 10. The molecule has 1 aliphatic carbocycles. The minimum Gasteiger partial charge on any atom is -0.481 e. The first-order valence-electron chi connectivity index (χ1n) is 11.9. The van der Waals surface area contributed by atoms with E-state index in [1.54, 1.807) is 6.92 Å². The summed E-state index contributed by atoms with van der Waals surface area (Å²) in [6.45, 7) is 7.60. The lowest BCUT2D eigenvalue weighted by Crippen LogP contribution is -2.50. The number of carboxylic acids is 1. The van der Waals surface area contributed by atoms with Gasteiger partial charge in [0.05, 0.1) is 12.3 Å². The summed E-state index contributed by atoms with van der Waals surface area (Å²) >= 11 is 0. The molecule has 0 spiro atoms. The first kappa shape index (κ1) is 25.3. The van der Waals surface area contributed by atoms with E-state index in [0.29, 0.717) is 6.42 Å². The van der Waals surface area contributed by atoms with E-state index < -0.39 is 30.1 Å². The van der Waals surface area contributed by atoms with Crippen LogP contribution in [0, 0.1) is 11.8 Å². The van der Waals surface area contributed by atoms with Gasteiger partial charge in [0.1, 0.15) is 6.61 Å². The van der Waals surface area contributed by atoms with Gasteiger partial charge >= 0.3 is 12.1 Å². The van der Waals surface area contributed by atoms with Crippen molar-refractivity contribution in [2.45, 2.75) is 58.5 Å². The second-order valence-corrected chi connectivity index (χ2v) is 9.24. The van der Waals surface area contributed by atoms with Crippen molar-refractivity contribution < 1.29 is 24.2 Å². The second kappa shape index (κ2) is 11.2. The fourth-order valence-corrected chi connectivity index (χ4v) is 4.83. The molecule has 2 unspecified atom stereocenters. The van der Waals surface area contributed by atoms with Crippen molar-refractivity contribution in [3.8, 4) is 11.1 Å². The fraction of sp³-hybridized carbons (Fsp3) is 0.444. The number of amides is 2. The lowest BCUT2D eigenvalue weighted by Gasteiger charge is -2.29. The summed E-state index contributed by atoms with van der Waals surface area (Å²) in [5.74, 6) is -1.86. The molecule has 1 aliphatic rings. The van der Waals surface area contributed by atoms with Crippen LogP contribution in [-0.2, 0) is 14.3 Å². The maximum Gasteiger partial charge on any atom is 0.407 e. The number of hydrogen-bond donors (Lipinski definition) is 3. The van der Waals surface area contributed by atoms with Crippen LogP contribution >= 0.6 is 0 Å². The monoisotopic (exact) mass is 466 g/mol. The lowest BCUT2D eigenvalue weighted by molar-refractivity contribution is -0.138. The van der Waals surface area contributed by atoms with E-state index in [-0.39, 0.29) is 30.8 Å². The zero-order valence-electron chi connectivity index (χ0n) is 20.2. The Bertz CT molecular complexity index is 990. The van der Waals surface area contributed by atoms with E-state index in [2.05, 4.69) is 34.9 Å². The number of benzene rings is 2. The maximum absolute atomic E-state index is 12.9. The van der Waals surface area contributed by atoms with Crippen molar-refractivity contribution >= 4 is 18.0 Å². The molecule has 2 aromatic rings. The summed E-state index contributed by atoms with van der Waals surface area (Å²) in [6.07, 6.45) is -0.205. The third-order valence-corrected chi connectivity index (χ3v) is 6.51. The Hall–Kier alpha value is -3.35. The molecule has 0 bridgehead atoms. The minimum atomic E-state index is -0.960. The predicted molar refractivity (Wildman–Crippen MR) is 130 cm³/mol. The maximum atomic E-state index is 12.9. The molecular weight excluding hydrogens is 432 g/mol. The molecule has 3 rings (SSSR count). The van der Waals surface area contributed by atoms with Crippen molar-refractivity contribution in [1.29, 1.82) is 0 Å². The topological polar surface area (TPSA) is 105 Å².